The second-order valence-electron chi connectivity index (χ2n) is 11.0. The number of hydrogen-bond acceptors (Lipinski definition) is 3. The maximum atomic E-state index is 13.1. The van der Waals surface area contributed by atoms with E-state index in [2.05, 4.69) is 119 Å². The summed E-state index contributed by atoms with van der Waals surface area (Å²) in [5.41, 5.74) is 13.6. The molecule has 8 rings (SSSR count). The molecule has 0 bridgehead atoms. The van der Waals surface area contributed by atoms with Crippen LogP contribution < -0.4 is 9.80 Å². The van der Waals surface area contributed by atoms with Gasteiger partial charge in [-0.2, -0.15) is 0 Å². The van der Waals surface area contributed by atoms with Crippen LogP contribution in [0.1, 0.15) is 38.2 Å². The van der Waals surface area contributed by atoms with Crippen LogP contribution in [0.15, 0.2) is 146 Å². The molecule has 1 heterocycles. The third-order valence-electron chi connectivity index (χ3n) is 8.46. The number of carbonyl (C=O) groups is 1. The zero-order chi connectivity index (χ0) is 28.0. The van der Waals surface area contributed by atoms with Crippen LogP contribution in [0, 0.1) is 0 Å². The summed E-state index contributed by atoms with van der Waals surface area (Å²) >= 11 is 0. The van der Waals surface area contributed by atoms with Gasteiger partial charge >= 0.3 is 0 Å². The maximum absolute atomic E-state index is 13.1. The minimum absolute atomic E-state index is 0.0755. The summed E-state index contributed by atoms with van der Waals surface area (Å²) in [6.45, 7) is 0. The zero-order valence-electron chi connectivity index (χ0n) is 23.1. The molecule has 0 aromatic heterocycles. The van der Waals surface area contributed by atoms with Crippen LogP contribution in [0.4, 0.5) is 34.1 Å². The van der Waals surface area contributed by atoms with Gasteiger partial charge in [-0.15, -0.1) is 0 Å². The van der Waals surface area contributed by atoms with Crippen LogP contribution in [0.3, 0.4) is 0 Å². The molecule has 0 radical (unpaired) electrons. The Bertz CT molecular complexity index is 1920. The predicted octanol–water partition coefficient (Wildman–Crippen LogP) is 9.67. The van der Waals surface area contributed by atoms with E-state index in [1.54, 1.807) is 0 Å². The van der Waals surface area contributed by atoms with E-state index in [1.165, 1.54) is 22.3 Å². The molecular formula is C39H28N2O. The minimum atomic E-state index is 0.0755. The molecule has 2 aliphatic rings. The fraction of sp³-hybridized carbons (Fsp3) is 0.0513. The highest BCUT2D eigenvalue weighted by molar-refractivity contribution is 6.09. The van der Waals surface area contributed by atoms with Gasteiger partial charge in [-0.1, -0.05) is 91.0 Å². The summed E-state index contributed by atoms with van der Waals surface area (Å²) in [6.07, 6.45) is 1.68. The smallest absolute Gasteiger partial charge is 0.193 e. The van der Waals surface area contributed by atoms with Gasteiger partial charge in [-0.05, 0) is 89.7 Å². The fourth-order valence-corrected chi connectivity index (χ4v) is 6.44. The first-order valence-electron chi connectivity index (χ1n) is 14.4. The Morgan fingerprint density at radius 1 is 0.405 bits per heavy atom. The van der Waals surface area contributed by atoms with Crippen molar-refractivity contribution in [2.24, 2.45) is 0 Å². The first-order chi connectivity index (χ1) is 20.7. The number of hydrogen-bond donors (Lipinski definition) is 0. The number of ketones is 1. The number of nitrogens with zero attached hydrogens (tertiary/aromatic N) is 2. The summed E-state index contributed by atoms with van der Waals surface area (Å²) in [6, 6.07) is 50.5. The lowest BCUT2D eigenvalue weighted by molar-refractivity contribution is 0.103. The summed E-state index contributed by atoms with van der Waals surface area (Å²) in [4.78, 5) is 17.8. The van der Waals surface area contributed by atoms with Crippen molar-refractivity contribution in [2.45, 2.75) is 12.8 Å². The maximum Gasteiger partial charge on any atom is 0.193 e. The average Bonchev–Trinajstić information content (AvgIpc) is 3.06. The van der Waals surface area contributed by atoms with Gasteiger partial charge < -0.3 is 9.80 Å². The van der Waals surface area contributed by atoms with Gasteiger partial charge in [0.2, 0.25) is 0 Å². The first-order valence-corrected chi connectivity index (χ1v) is 14.4. The SMILES string of the molecule is O=C(c1ccccc1)c1ccc2c(c1)Cc1ccc(N3c4ccccc4N(c4ccccc4)c4ccccc43)cc1C2. The first kappa shape index (κ1) is 24.4. The predicted molar refractivity (Wildman–Crippen MR) is 171 cm³/mol. The van der Waals surface area contributed by atoms with Gasteiger partial charge in [-0.3, -0.25) is 4.79 Å². The van der Waals surface area contributed by atoms with Crippen molar-refractivity contribution in [3.05, 3.63) is 179 Å². The second kappa shape index (κ2) is 9.90. The molecule has 0 atom stereocenters. The van der Waals surface area contributed by atoms with E-state index in [4.69, 9.17) is 0 Å². The number of anilines is 6. The zero-order valence-corrected chi connectivity index (χ0v) is 23.1. The van der Waals surface area contributed by atoms with Gasteiger partial charge in [0.25, 0.3) is 0 Å². The number of rotatable bonds is 4. The Hall–Kier alpha value is -5.41. The summed E-state index contributed by atoms with van der Waals surface area (Å²) in [7, 11) is 0. The Labute approximate surface area is 245 Å². The highest BCUT2D eigenvalue weighted by Crippen LogP contribution is 2.54. The number of carbonyl (C=O) groups excluding carboxylic acids is 1. The lowest BCUT2D eigenvalue weighted by Crippen LogP contribution is -2.24. The van der Waals surface area contributed by atoms with E-state index in [1.807, 2.05) is 36.4 Å². The Balaban J connectivity index is 1.17. The number of para-hydroxylation sites is 5. The van der Waals surface area contributed by atoms with Crippen molar-refractivity contribution >= 4 is 39.9 Å². The topological polar surface area (TPSA) is 23.6 Å². The fourth-order valence-electron chi connectivity index (χ4n) is 6.44. The Morgan fingerprint density at radius 2 is 0.881 bits per heavy atom. The highest BCUT2D eigenvalue weighted by atomic mass is 16.1. The van der Waals surface area contributed by atoms with Crippen molar-refractivity contribution in [3.63, 3.8) is 0 Å². The van der Waals surface area contributed by atoms with Crippen LogP contribution in [0.25, 0.3) is 0 Å². The van der Waals surface area contributed by atoms with Gasteiger partial charge in [0.05, 0.1) is 22.7 Å². The third kappa shape index (κ3) is 4.02. The van der Waals surface area contributed by atoms with Crippen LogP contribution in [0.2, 0.25) is 0 Å². The van der Waals surface area contributed by atoms with E-state index < -0.39 is 0 Å². The molecule has 0 amide bonds. The van der Waals surface area contributed by atoms with E-state index in [0.29, 0.717) is 0 Å². The molecule has 0 saturated carbocycles. The molecule has 0 unspecified atom stereocenters. The standard InChI is InChI=1S/C39H28N2O/c42-39(27-11-3-1-4-12-27)30-20-19-28-24-32-26-34(22-21-29(32)23-31(28)25-30)41-37-17-9-7-15-35(37)40(33-13-5-2-6-14-33)36-16-8-10-18-38(36)41/h1-22,25-26H,23-24H2. The van der Waals surface area contributed by atoms with Crippen molar-refractivity contribution in [1.29, 1.82) is 0 Å². The van der Waals surface area contributed by atoms with Crippen LogP contribution in [-0.4, -0.2) is 5.78 Å². The molecule has 200 valence electrons. The van der Waals surface area contributed by atoms with Crippen molar-refractivity contribution in [1.82, 2.24) is 0 Å². The van der Waals surface area contributed by atoms with E-state index in [9.17, 15) is 4.79 Å². The number of fused-ring (bicyclic) bond motifs is 4. The quantitative estimate of drug-likeness (QED) is 0.208. The molecule has 0 fully saturated rings. The van der Waals surface area contributed by atoms with E-state index in [0.717, 1.165) is 58.1 Å². The molecule has 6 aromatic rings. The molecule has 0 N–H and O–H groups in total. The number of benzene rings is 6. The van der Waals surface area contributed by atoms with Gasteiger partial charge in [0.15, 0.2) is 5.78 Å². The minimum Gasteiger partial charge on any atom is -0.306 e. The normalized spacial score (nSPS) is 13.0. The van der Waals surface area contributed by atoms with E-state index in [-0.39, 0.29) is 5.78 Å². The largest absolute Gasteiger partial charge is 0.306 e. The molecule has 42 heavy (non-hydrogen) atoms. The third-order valence-corrected chi connectivity index (χ3v) is 8.46. The lowest BCUT2D eigenvalue weighted by atomic mass is 9.84. The van der Waals surface area contributed by atoms with Crippen molar-refractivity contribution in [3.8, 4) is 0 Å². The highest BCUT2D eigenvalue weighted by Gasteiger charge is 2.30. The molecule has 0 saturated heterocycles. The summed E-state index contributed by atoms with van der Waals surface area (Å²) < 4.78 is 0. The molecule has 1 aliphatic carbocycles. The van der Waals surface area contributed by atoms with Gasteiger partial charge in [-0.25, -0.2) is 0 Å². The molecule has 6 aromatic carbocycles. The molecule has 0 spiro atoms. The summed E-state index contributed by atoms with van der Waals surface area (Å²) in [5, 5.41) is 0. The van der Waals surface area contributed by atoms with Crippen LogP contribution in [0.5, 0.6) is 0 Å². The average molecular weight is 541 g/mol. The van der Waals surface area contributed by atoms with E-state index >= 15 is 0 Å². The van der Waals surface area contributed by atoms with Gasteiger partial charge in [0.1, 0.15) is 0 Å². The molecule has 3 nitrogen and oxygen atoms in total. The van der Waals surface area contributed by atoms with Crippen molar-refractivity contribution in [2.75, 3.05) is 9.80 Å². The molecule has 1 aliphatic heterocycles. The van der Waals surface area contributed by atoms with Gasteiger partial charge in [0, 0.05) is 22.5 Å². The molecular weight excluding hydrogens is 512 g/mol. The van der Waals surface area contributed by atoms with Crippen LogP contribution >= 0.6 is 0 Å². The summed E-state index contributed by atoms with van der Waals surface area (Å²) in [5.74, 6) is 0.0755. The Kier molecular flexibility index (Phi) is 5.75. The monoisotopic (exact) mass is 540 g/mol. The molecule has 3 heteroatoms. The van der Waals surface area contributed by atoms with Crippen molar-refractivity contribution < 1.29 is 4.79 Å². The lowest BCUT2D eigenvalue weighted by Gasteiger charge is -2.40. The van der Waals surface area contributed by atoms with Crippen LogP contribution in [-0.2, 0) is 12.8 Å². The Morgan fingerprint density at radius 3 is 1.48 bits per heavy atom. The second-order valence-corrected chi connectivity index (χ2v) is 11.0.